The average molecular weight is 664 g/mol. The number of ether oxygens (including phenoxy) is 3. The highest BCUT2D eigenvalue weighted by Crippen LogP contribution is 2.41. The second kappa shape index (κ2) is 14.4. The van der Waals surface area contributed by atoms with Gasteiger partial charge in [0.1, 0.15) is 36.9 Å². The first kappa shape index (κ1) is 32.8. The zero-order valence-corrected chi connectivity index (χ0v) is 28.0. The molecule has 4 aromatic rings. The van der Waals surface area contributed by atoms with E-state index < -0.39 is 36.1 Å². The Kier molecular flexibility index (Phi) is 9.67. The number of rotatable bonds is 12. The van der Waals surface area contributed by atoms with Crippen LogP contribution in [0.4, 0.5) is 14.9 Å². The van der Waals surface area contributed by atoms with Gasteiger partial charge < -0.3 is 18.7 Å². The van der Waals surface area contributed by atoms with E-state index in [1.165, 1.54) is 72.9 Å². The molecule has 0 radical (unpaired) electrons. The Morgan fingerprint density at radius 3 is 2.16 bits per heavy atom. The highest BCUT2D eigenvalue weighted by atomic mass is 19.1. The summed E-state index contributed by atoms with van der Waals surface area (Å²) in [5, 5.41) is 0. The van der Waals surface area contributed by atoms with Crippen LogP contribution in [0.3, 0.4) is 0 Å². The van der Waals surface area contributed by atoms with Gasteiger partial charge in [-0.25, -0.2) is 9.18 Å². The molecule has 1 amide bonds. The number of quaternary nitrogens is 1. The number of cyclic esters (lactones) is 1. The molecule has 4 saturated heterocycles. The number of halogens is 1. The van der Waals surface area contributed by atoms with E-state index in [1.54, 1.807) is 12.1 Å². The molecule has 49 heavy (non-hydrogen) atoms. The van der Waals surface area contributed by atoms with Gasteiger partial charge in [0.05, 0.1) is 19.6 Å². The van der Waals surface area contributed by atoms with Crippen molar-refractivity contribution < 1.29 is 32.7 Å². The maximum atomic E-state index is 13.9. The fourth-order valence-electron chi connectivity index (χ4n) is 7.87. The van der Waals surface area contributed by atoms with Gasteiger partial charge in [-0.05, 0) is 91.1 Å². The lowest BCUT2D eigenvalue weighted by molar-refractivity contribution is -0.955. The van der Waals surface area contributed by atoms with Crippen LogP contribution in [0.5, 0.6) is 5.75 Å². The fraction of sp³-hybridized carbons (Fsp3) is 0.366. The first-order valence-corrected chi connectivity index (χ1v) is 17.5. The number of carbonyl (C=O) groups excluding carboxylic acids is 2. The molecule has 8 heteroatoms. The third-order valence-corrected chi connectivity index (χ3v) is 10.6. The molecule has 4 aliphatic rings. The zero-order valence-electron chi connectivity index (χ0n) is 28.0. The number of carbonyl (C=O) groups is 2. The molecule has 8 rings (SSSR count). The molecular formula is C41H44FN2O5+. The summed E-state index contributed by atoms with van der Waals surface area (Å²) in [6, 6.07) is 31.4. The van der Waals surface area contributed by atoms with Crippen molar-refractivity contribution in [2.45, 2.75) is 70.4 Å². The van der Waals surface area contributed by atoms with Crippen LogP contribution < -0.4 is 9.64 Å². The predicted molar refractivity (Wildman–Crippen MR) is 185 cm³/mol. The summed E-state index contributed by atoms with van der Waals surface area (Å²) in [6.07, 6.45) is 3.12. The first-order valence-electron chi connectivity index (χ1n) is 17.5. The highest BCUT2D eigenvalue weighted by molar-refractivity contribution is 5.91. The number of amides is 1. The van der Waals surface area contributed by atoms with Gasteiger partial charge in [-0.3, -0.25) is 9.69 Å². The number of hydrogen-bond acceptors (Lipinski definition) is 5. The van der Waals surface area contributed by atoms with Crippen molar-refractivity contribution in [1.29, 1.82) is 0 Å². The van der Waals surface area contributed by atoms with Crippen molar-refractivity contribution >= 4 is 17.7 Å². The Labute approximate surface area is 287 Å². The predicted octanol–water partition coefficient (Wildman–Crippen LogP) is 8.17. The van der Waals surface area contributed by atoms with Gasteiger partial charge in [-0.15, -0.1) is 0 Å². The summed E-state index contributed by atoms with van der Waals surface area (Å²) >= 11 is 0. The lowest BCUT2D eigenvalue weighted by atomic mass is 9.85. The van der Waals surface area contributed by atoms with Crippen molar-refractivity contribution in [2.75, 3.05) is 24.5 Å². The minimum atomic E-state index is -0.794. The van der Waals surface area contributed by atoms with E-state index in [1.807, 2.05) is 54.6 Å². The zero-order chi connectivity index (χ0) is 33.8. The molecule has 0 aliphatic carbocycles. The maximum Gasteiger partial charge on any atom is 0.415 e. The molecule has 7 nitrogen and oxygen atoms in total. The van der Waals surface area contributed by atoms with Gasteiger partial charge in [-0.2, -0.15) is 0 Å². The van der Waals surface area contributed by atoms with Crippen LogP contribution in [0, 0.1) is 11.7 Å². The maximum absolute atomic E-state index is 13.9. The molecule has 4 heterocycles. The lowest BCUT2D eigenvalue weighted by Gasteiger charge is -2.49. The second-order valence-corrected chi connectivity index (χ2v) is 13.9. The van der Waals surface area contributed by atoms with Crippen LogP contribution in [0.2, 0.25) is 0 Å². The number of fused-ring (bicyclic) bond motifs is 3. The summed E-state index contributed by atoms with van der Waals surface area (Å²) < 4.78 is 33.1. The number of aryl methyl sites for hydroxylation is 1. The molecule has 0 aromatic heterocycles. The van der Waals surface area contributed by atoms with Crippen molar-refractivity contribution in [3.63, 3.8) is 0 Å². The molecule has 254 valence electrons. The van der Waals surface area contributed by atoms with Crippen molar-refractivity contribution in [3.8, 4) is 5.75 Å². The van der Waals surface area contributed by atoms with Crippen LogP contribution in [0.25, 0.3) is 0 Å². The van der Waals surface area contributed by atoms with Gasteiger partial charge in [0, 0.05) is 18.2 Å². The van der Waals surface area contributed by atoms with Crippen LogP contribution >= 0.6 is 0 Å². The van der Waals surface area contributed by atoms with Crippen LogP contribution in [0.15, 0.2) is 103 Å². The van der Waals surface area contributed by atoms with Gasteiger partial charge >= 0.3 is 12.1 Å². The Morgan fingerprint density at radius 2 is 1.51 bits per heavy atom. The summed E-state index contributed by atoms with van der Waals surface area (Å²) in [4.78, 5) is 27.2. The van der Waals surface area contributed by atoms with Crippen LogP contribution in [0.1, 0.15) is 60.9 Å². The van der Waals surface area contributed by atoms with Gasteiger partial charge in [0.2, 0.25) is 0 Å². The largest absolute Gasteiger partial charge is 0.489 e. The molecule has 4 aliphatic heterocycles. The van der Waals surface area contributed by atoms with E-state index >= 15 is 0 Å². The van der Waals surface area contributed by atoms with Crippen molar-refractivity contribution in [3.05, 3.63) is 131 Å². The lowest BCUT2D eigenvalue weighted by Crippen LogP contribution is -2.57. The van der Waals surface area contributed by atoms with Crippen LogP contribution in [-0.2, 0) is 33.8 Å². The standard InChI is InChI=1S/C41H44FN2O5/c1-29(45)48-38(20-11-30-5-3-2-4-6-30)40-39(43(41(46)49-40)36-16-14-35(42)15-17-36)34-12-18-37(19-13-34)47-28-33-9-7-32(8-10-33)27-44-24-21-31(22-25-44)23-26-44/h2-10,12-19,31,38-40H,11,20-28H2,1H3/q+1/t31?,38-,39-,40?,44?/m1/s1. The monoisotopic (exact) mass is 663 g/mol. The fourth-order valence-corrected chi connectivity index (χ4v) is 7.87. The minimum Gasteiger partial charge on any atom is -0.489 e. The molecule has 2 bridgehead atoms. The normalized spacial score (nSPS) is 23.6. The number of anilines is 1. The van der Waals surface area contributed by atoms with Gasteiger partial charge in [0.15, 0.2) is 6.10 Å². The summed E-state index contributed by atoms with van der Waals surface area (Å²) in [5.41, 5.74) is 4.84. The molecule has 1 unspecified atom stereocenters. The summed E-state index contributed by atoms with van der Waals surface area (Å²) in [6.45, 7) is 6.85. The van der Waals surface area contributed by atoms with E-state index in [2.05, 4.69) is 24.3 Å². The van der Waals surface area contributed by atoms with Gasteiger partial charge in [0.25, 0.3) is 0 Å². The van der Waals surface area contributed by atoms with E-state index in [4.69, 9.17) is 14.2 Å². The number of hydrogen-bond donors (Lipinski definition) is 0. The smallest absolute Gasteiger partial charge is 0.415 e. The first-order chi connectivity index (χ1) is 23.8. The highest BCUT2D eigenvalue weighted by Gasteiger charge is 2.48. The molecule has 0 saturated carbocycles. The Bertz CT molecular complexity index is 1710. The van der Waals surface area contributed by atoms with E-state index in [9.17, 15) is 14.0 Å². The third-order valence-electron chi connectivity index (χ3n) is 10.6. The second-order valence-electron chi connectivity index (χ2n) is 13.9. The summed E-state index contributed by atoms with van der Waals surface area (Å²) in [7, 11) is 0. The van der Waals surface area contributed by atoms with Gasteiger partial charge in [-0.1, -0.05) is 66.7 Å². The number of nitrogens with zero attached hydrogens (tertiary/aromatic N) is 2. The molecule has 4 aromatic carbocycles. The SMILES string of the molecule is CC(=O)O[C@H](CCc1ccccc1)C1OC(=O)N(c2ccc(F)cc2)[C@@H]1c1ccc(OCc2ccc(C[N+]34CCC(CC3)CC4)cc2)cc1. The van der Waals surface area contributed by atoms with E-state index in [0.29, 0.717) is 30.9 Å². The van der Waals surface area contributed by atoms with Crippen molar-refractivity contribution in [2.24, 2.45) is 5.92 Å². The summed E-state index contributed by atoms with van der Waals surface area (Å²) in [5.74, 6) is 0.791. The number of piperidine rings is 3. The van der Waals surface area contributed by atoms with E-state index in [0.717, 1.165) is 29.2 Å². The Hall–Kier alpha value is -4.69. The number of esters is 1. The Morgan fingerprint density at radius 1 is 0.857 bits per heavy atom. The Balaban J connectivity index is 1.07. The quantitative estimate of drug-likeness (QED) is 0.113. The molecule has 0 N–H and O–H groups in total. The van der Waals surface area contributed by atoms with Crippen molar-refractivity contribution in [1.82, 2.24) is 0 Å². The molecule has 3 atom stereocenters. The average Bonchev–Trinajstić information content (AvgIpc) is 3.48. The minimum absolute atomic E-state index is 0.406. The van der Waals surface area contributed by atoms with Crippen LogP contribution in [-0.4, -0.2) is 48.4 Å². The topological polar surface area (TPSA) is 65.1 Å². The third kappa shape index (κ3) is 7.65. The van der Waals surface area contributed by atoms with E-state index in [-0.39, 0.29) is 0 Å². The molecule has 4 fully saturated rings. The molecule has 0 spiro atoms. The molecular weight excluding hydrogens is 619 g/mol. The number of benzene rings is 4.